The number of hydrogen-bond acceptors (Lipinski definition) is 3. The fourth-order valence-corrected chi connectivity index (χ4v) is 1.94. The molecule has 0 radical (unpaired) electrons. The van der Waals surface area contributed by atoms with E-state index >= 15 is 0 Å². The van der Waals surface area contributed by atoms with E-state index in [1.54, 1.807) is 0 Å². The minimum Gasteiger partial charge on any atom is -0.384 e. The molecule has 1 aromatic rings. The summed E-state index contributed by atoms with van der Waals surface area (Å²) in [5.74, 6) is 0.0984. The van der Waals surface area contributed by atoms with Crippen LogP contribution < -0.4 is 11.1 Å². The summed E-state index contributed by atoms with van der Waals surface area (Å²) in [5.41, 5.74) is 6.00. The first-order chi connectivity index (χ1) is 8.52. The van der Waals surface area contributed by atoms with Crippen molar-refractivity contribution in [3.05, 3.63) is 22.8 Å². The van der Waals surface area contributed by atoms with Gasteiger partial charge >= 0.3 is 0 Å². The van der Waals surface area contributed by atoms with Crippen LogP contribution in [0, 0.1) is 0 Å². The van der Waals surface area contributed by atoms with Crippen molar-refractivity contribution in [1.82, 2.24) is 10.3 Å². The quantitative estimate of drug-likeness (QED) is 0.616. The number of unbranched alkanes of at least 4 members (excludes halogenated alkanes) is 2. The minimum atomic E-state index is -0.157. The standard InChI is InChI=1S/C13H20ClN3O/c1-3-4-5-6-9(2)16-13(18)10-7-11(14)17-12(15)8-10/h7-9H,3-6H2,1-2H3,(H2,15,17)(H,16,18). The second kappa shape index (κ2) is 7.21. The van der Waals surface area contributed by atoms with Crippen LogP contribution in [0.5, 0.6) is 0 Å². The molecule has 4 nitrogen and oxygen atoms in total. The number of amides is 1. The SMILES string of the molecule is CCCCCC(C)NC(=O)c1cc(N)nc(Cl)c1. The van der Waals surface area contributed by atoms with Gasteiger partial charge in [0.2, 0.25) is 0 Å². The molecule has 0 aliphatic rings. The van der Waals surface area contributed by atoms with Crippen LogP contribution >= 0.6 is 11.6 Å². The van der Waals surface area contributed by atoms with Gasteiger partial charge < -0.3 is 11.1 Å². The van der Waals surface area contributed by atoms with E-state index in [0.29, 0.717) is 5.56 Å². The highest BCUT2D eigenvalue weighted by molar-refractivity contribution is 6.29. The zero-order valence-corrected chi connectivity index (χ0v) is 11.6. The lowest BCUT2D eigenvalue weighted by Gasteiger charge is -2.13. The van der Waals surface area contributed by atoms with E-state index in [-0.39, 0.29) is 22.9 Å². The van der Waals surface area contributed by atoms with E-state index in [1.165, 1.54) is 25.0 Å². The average molecular weight is 270 g/mol. The Bertz CT molecular complexity index is 389. The number of hydrogen-bond donors (Lipinski definition) is 2. The highest BCUT2D eigenvalue weighted by Gasteiger charge is 2.11. The first kappa shape index (κ1) is 14.8. The van der Waals surface area contributed by atoms with Crippen molar-refractivity contribution in [2.45, 2.75) is 45.6 Å². The highest BCUT2D eigenvalue weighted by atomic mass is 35.5. The molecule has 0 aromatic carbocycles. The molecule has 1 heterocycles. The molecule has 5 heteroatoms. The Morgan fingerprint density at radius 1 is 1.50 bits per heavy atom. The van der Waals surface area contributed by atoms with Crippen LogP contribution in [0.15, 0.2) is 12.1 Å². The Hall–Kier alpha value is -1.29. The van der Waals surface area contributed by atoms with Gasteiger partial charge in [-0.25, -0.2) is 4.98 Å². The average Bonchev–Trinajstić information content (AvgIpc) is 2.28. The van der Waals surface area contributed by atoms with Gasteiger partial charge in [0.15, 0.2) is 0 Å². The van der Waals surface area contributed by atoms with Gasteiger partial charge in [-0.2, -0.15) is 0 Å². The Kier molecular flexibility index (Phi) is 5.92. The third-order valence-electron chi connectivity index (χ3n) is 2.69. The number of carbonyl (C=O) groups excluding carboxylic acids is 1. The van der Waals surface area contributed by atoms with Crippen molar-refractivity contribution in [3.63, 3.8) is 0 Å². The molecule has 1 unspecified atom stereocenters. The first-order valence-electron chi connectivity index (χ1n) is 6.27. The maximum Gasteiger partial charge on any atom is 0.251 e. The van der Waals surface area contributed by atoms with E-state index in [1.807, 2.05) is 6.92 Å². The molecule has 0 saturated heterocycles. The van der Waals surface area contributed by atoms with Crippen molar-refractivity contribution in [2.24, 2.45) is 0 Å². The molecule has 1 rings (SSSR count). The molecule has 0 fully saturated rings. The summed E-state index contributed by atoms with van der Waals surface area (Å²) in [4.78, 5) is 15.8. The lowest BCUT2D eigenvalue weighted by Crippen LogP contribution is -2.32. The topological polar surface area (TPSA) is 68.0 Å². The molecule has 18 heavy (non-hydrogen) atoms. The van der Waals surface area contributed by atoms with Crippen LogP contribution in [0.1, 0.15) is 49.9 Å². The molecular formula is C13H20ClN3O. The maximum atomic E-state index is 11.9. The summed E-state index contributed by atoms with van der Waals surface area (Å²) in [5, 5.41) is 3.16. The van der Waals surface area contributed by atoms with Gasteiger partial charge in [-0.05, 0) is 25.5 Å². The Morgan fingerprint density at radius 2 is 2.22 bits per heavy atom. The summed E-state index contributed by atoms with van der Waals surface area (Å²) in [6.07, 6.45) is 4.47. The molecule has 1 amide bonds. The van der Waals surface area contributed by atoms with Crippen LogP contribution in [-0.4, -0.2) is 16.9 Å². The van der Waals surface area contributed by atoms with Crippen molar-refractivity contribution >= 4 is 23.3 Å². The highest BCUT2D eigenvalue weighted by Crippen LogP contribution is 2.12. The fraction of sp³-hybridized carbons (Fsp3) is 0.538. The summed E-state index contributed by atoms with van der Waals surface area (Å²) in [7, 11) is 0. The lowest BCUT2D eigenvalue weighted by molar-refractivity contribution is 0.0938. The number of nitrogens with one attached hydrogen (secondary N) is 1. The summed E-state index contributed by atoms with van der Waals surface area (Å²) >= 11 is 5.76. The smallest absolute Gasteiger partial charge is 0.251 e. The van der Waals surface area contributed by atoms with Gasteiger partial charge in [0.25, 0.3) is 5.91 Å². The number of nitrogens with zero attached hydrogens (tertiary/aromatic N) is 1. The minimum absolute atomic E-state index is 0.150. The molecule has 100 valence electrons. The van der Waals surface area contributed by atoms with E-state index in [2.05, 4.69) is 17.2 Å². The van der Waals surface area contributed by atoms with Crippen LogP contribution in [-0.2, 0) is 0 Å². The molecular weight excluding hydrogens is 250 g/mol. The van der Waals surface area contributed by atoms with Gasteiger partial charge in [-0.3, -0.25) is 4.79 Å². The number of rotatable bonds is 6. The molecule has 0 saturated carbocycles. The Balaban J connectivity index is 2.54. The molecule has 1 aromatic heterocycles. The Labute approximate surface area is 113 Å². The largest absolute Gasteiger partial charge is 0.384 e. The zero-order chi connectivity index (χ0) is 13.5. The predicted molar refractivity (Wildman–Crippen MR) is 74.7 cm³/mol. The van der Waals surface area contributed by atoms with E-state index in [4.69, 9.17) is 17.3 Å². The van der Waals surface area contributed by atoms with Crippen LogP contribution in [0.4, 0.5) is 5.82 Å². The molecule has 0 aliphatic carbocycles. The number of pyridine rings is 1. The second-order valence-corrected chi connectivity index (χ2v) is 4.86. The number of aromatic nitrogens is 1. The van der Waals surface area contributed by atoms with Gasteiger partial charge in [-0.15, -0.1) is 0 Å². The van der Waals surface area contributed by atoms with Gasteiger partial charge in [0.1, 0.15) is 11.0 Å². The summed E-state index contributed by atoms with van der Waals surface area (Å²) < 4.78 is 0. The number of halogens is 1. The van der Waals surface area contributed by atoms with Crippen molar-refractivity contribution in [2.75, 3.05) is 5.73 Å². The monoisotopic (exact) mass is 269 g/mol. The summed E-state index contributed by atoms with van der Waals surface area (Å²) in [6.45, 7) is 4.16. The third-order valence-corrected chi connectivity index (χ3v) is 2.89. The summed E-state index contributed by atoms with van der Waals surface area (Å²) in [6, 6.07) is 3.20. The predicted octanol–water partition coefficient (Wildman–Crippen LogP) is 3.02. The molecule has 1 atom stereocenters. The first-order valence-corrected chi connectivity index (χ1v) is 6.64. The maximum absolute atomic E-state index is 11.9. The van der Waals surface area contributed by atoms with Crippen molar-refractivity contribution < 1.29 is 4.79 Å². The van der Waals surface area contributed by atoms with Crippen LogP contribution in [0.2, 0.25) is 5.15 Å². The van der Waals surface area contributed by atoms with Crippen LogP contribution in [0.3, 0.4) is 0 Å². The van der Waals surface area contributed by atoms with Gasteiger partial charge in [0.05, 0.1) is 0 Å². The number of carbonyl (C=O) groups is 1. The molecule has 3 N–H and O–H groups in total. The van der Waals surface area contributed by atoms with Crippen molar-refractivity contribution in [3.8, 4) is 0 Å². The molecule has 0 aliphatic heterocycles. The molecule has 0 spiro atoms. The van der Waals surface area contributed by atoms with Crippen molar-refractivity contribution in [1.29, 1.82) is 0 Å². The van der Waals surface area contributed by atoms with E-state index in [0.717, 1.165) is 12.8 Å². The zero-order valence-electron chi connectivity index (χ0n) is 10.9. The van der Waals surface area contributed by atoms with E-state index in [9.17, 15) is 4.79 Å². The third kappa shape index (κ3) is 4.92. The lowest BCUT2D eigenvalue weighted by atomic mass is 10.1. The fourth-order valence-electron chi connectivity index (χ4n) is 1.73. The Morgan fingerprint density at radius 3 is 2.83 bits per heavy atom. The van der Waals surface area contributed by atoms with Gasteiger partial charge in [-0.1, -0.05) is 37.8 Å². The number of anilines is 1. The van der Waals surface area contributed by atoms with E-state index < -0.39 is 0 Å². The van der Waals surface area contributed by atoms with Crippen LogP contribution in [0.25, 0.3) is 0 Å². The molecule has 0 bridgehead atoms. The van der Waals surface area contributed by atoms with Gasteiger partial charge in [0, 0.05) is 11.6 Å². The number of nitrogens with two attached hydrogens (primary N) is 1. The second-order valence-electron chi connectivity index (χ2n) is 4.47. The number of nitrogen functional groups attached to an aromatic ring is 1. The normalized spacial score (nSPS) is 12.2.